The number of aryl methyl sites for hydroxylation is 1. The number of nitrogens with two attached hydrogens (primary N) is 1. The van der Waals surface area contributed by atoms with Crippen LogP contribution < -0.4 is 5.73 Å². The Balaban J connectivity index is 2.30. The van der Waals surface area contributed by atoms with Gasteiger partial charge in [-0.15, -0.1) is 0 Å². The van der Waals surface area contributed by atoms with Gasteiger partial charge in [-0.25, -0.2) is 0 Å². The van der Waals surface area contributed by atoms with Gasteiger partial charge in [-0.05, 0) is 33.4 Å². The van der Waals surface area contributed by atoms with Crippen molar-refractivity contribution < 1.29 is 4.52 Å². The van der Waals surface area contributed by atoms with Gasteiger partial charge in [0.25, 0.3) is 0 Å². The molecule has 1 unspecified atom stereocenters. The fraction of sp³-hybridized carbons (Fsp3) is 0.700. The van der Waals surface area contributed by atoms with Crippen molar-refractivity contribution in [2.45, 2.75) is 32.4 Å². The van der Waals surface area contributed by atoms with Crippen LogP contribution in [0.25, 0.3) is 0 Å². The van der Waals surface area contributed by atoms with Crippen molar-refractivity contribution in [2.75, 3.05) is 13.6 Å². The van der Waals surface area contributed by atoms with E-state index in [0.29, 0.717) is 12.6 Å². The van der Waals surface area contributed by atoms with Crippen molar-refractivity contribution in [3.63, 3.8) is 0 Å². The van der Waals surface area contributed by atoms with Crippen LogP contribution >= 0.6 is 0 Å². The fourth-order valence-electron chi connectivity index (χ4n) is 2.16. The molecule has 2 rings (SSSR count). The van der Waals surface area contributed by atoms with Crippen molar-refractivity contribution in [3.8, 4) is 0 Å². The average molecular weight is 195 g/mol. The molecule has 0 radical (unpaired) electrons. The monoisotopic (exact) mass is 195 g/mol. The van der Waals surface area contributed by atoms with E-state index in [-0.39, 0.29) is 0 Å². The first-order valence-electron chi connectivity index (χ1n) is 5.09. The Morgan fingerprint density at radius 1 is 1.64 bits per heavy atom. The van der Waals surface area contributed by atoms with Crippen LogP contribution in [0.4, 0.5) is 0 Å². The zero-order valence-electron chi connectivity index (χ0n) is 8.79. The summed E-state index contributed by atoms with van der Waals surface area (Å²) in [5, 5.41) is 3.98. The van der Waals surface area contributed by atoms with Crippen LogP contribution in [0.15, 0.2) is 4.52 Å². The van der Waals surface area contributed by atoms with Crippen molar-refractivity contribution in [2.24, 2.45) is 5.73 Å². The first-order valence-corrected chi connectivity index (χ1v) is 5.09. The molecule has 0 aliphatic carbocycles. The van der Waals surface area contributed by atoms with Gasteiger partial charge in [-0.1, -0.05) is 5.16 Å². The van der Waals surface area contributed by atoms with E-state index >= 15 is 0 Å². The molecule has 1 aromatic rings. The van der Waals surface area contributed by atoms with Crippen molar-refractivity contribution in [3.05, 3.63) is 17.0 Å². The van der Waals surface area contributed by atoms with E-state index in [4.69, 9.17) is 10.3 Å². The molecular formula is C10H17N3O. The van der Waals surface area contributed by atoms with Crippen LogP contribution in [0, 0.1) is 6.92 Å². The summed E-state index contributed by atoms with van der Waals surface area (Å²) in [5.74, 6) is 0.977. The summed E-state index contributed by atoms with van der Waals surface area (Å²) in [5.41, 5.74) is 7.71. The standard InChI is InChI=1S/C10H17N3O/c1-7-8(6-11)10(14-12-7)9-4-3-5-13(9)2/h9H,3-6,11H2,1-2H3. The quantitative estimate of drug-likeness (QED) is 0.770. The maximum Gasteiger partial charge on any atom is 0.158 e. The van der Waals surface area contributed by atoms with E-state index in [9.17, 15) is 0 Å². The lowest BCUT2D eigenvalue weighted by Gasteiger charge is -2.17. The molecule has 0 spiro atoms. The highest BCUT2D eigenvalue weighted by molar-refractivity contribution is 5.24. The minimum atomic E-state index is 0.384. The van der Waals surface area contributed by atoms with Crippen LogP contribution in [0.5, 0.6) is 0 Å². The SMILES string of the molecule is Cc1noc(C2CCCN2C)c1CN. The van der Waals surface area contributed by atoms with E-state index in [1.54, 1.807) is 0 Å². The number of rotatable bonds is 2. The molecule has 1 saturated heterocycles. The molecule has 1 atom stereocenters. The Bertz CT molecular complexity index is 321. The molecule has 0 amide bonds. The largest absolute Gasteiger partial charge is 0.359 e. The summed E-state index contributed by atoms with van der Waals surface area (Å²) in [6, 6.07) is 0.384. The van der Waals surface area contributed by atoms with E-state index in [1.165, 1.54) is 6.42 Å². The van der Waals surface area contributed by atoms with Gasteiger partial charge in [-0.3, -0.25) is 4.90 Å². The number of likely N-dealkylation sites (tertiary alicyclic amines) is 1. The summed E-state index contributed by atoms with van der Waals surface area (Å²) in [7, 11) is 2.12. The van der Waals surface area contributed by atoms with Crippen LogP contribution in [0.2, 0.25) is 0 Å². The predicted molar refractivity (Wildman–Crippen MR) is 53.7 cm³/mol. The maximum atomic E-state index is 5.69. The highest BCUT2D eigenvalue weighted by atomic mass is 16.5. The maximum absolute atomic E-state index is 5.69. The lowest BCUT2D eigenvalue weighted by Crippen LogP contribution is -2.18. The second kappa shape index (κ2) is 3.71. The first kappa shape index (κ1) is 9.68. The first-order chi connectivity index (χ1) is 6.74. The third-order valence-electron chi connectivity index (χ3n) is 3.04. The molecule has 1 fully saturated rings. The zero-order valence-corrected chi connectivity index (χ0v) is 8.79. The third kappa shape index (κ3) is 1.44. The van der Waals surface area contributed by atoms with Gasteiger partial charge in [0.05, 0.1) is 11.7 Å². The zero-order chi connectivity index (χ0) is 10.1. The lowest BCUT2D eigenvalue weighted by atomic mass is 10.1. The van der Waals surface area contributed by atoms with Crippen molar-refractivity contribution in [1.29, 1.82) is 0 Å². The molecule has 0 saturated carbocycles. The normalized spacial score (nSPS) is 23.2. The molecule has 14 heavy (non-hydrogen) atoms. The number of aromatic nitrogens is 1. The second-order valence-corrected chi connectivity index (χ2v) is 3.95. The number of nitrogens with zero attached hydrogens (tertiary/aromatic N) is 2. The van der Waals surface area contributed by atoms with Crippen molar-refractivity contribution in [1.82, 2.24) is 10.1 Å². The third-order valence-corrected chi connectivity index (χ3v) is 3.04. The molecule has 1 aliphatic rings. The van der Waals surface area contributed by atoms with Gasteiger partial charge >= 0.3 is 0 Å². The molecule has 1 aromatic heterocycles. The summed E-state index contributed by atoms with van der Waals surface area (Å²) >= 11 is 0. The molecule has 2 heterocycles. The number of hydrogen-bond donors (Lipinski definition) is 1. The second-order valence-electron chi connectivity index (χ2n) is 3.95. The fourth-order valence-corrected chi connectivity index (χ4v) is 2.16. The van der Waals surface area contributed by atoms with Gasteiger partial charge in [0.1, 0.15) is 0 Å². The molecule has 0 aromatic carbocycles. The van der Waals surface area contributed by atoms with E-state index in [0.717, 1.165) is 30.0 Å². The molecule has 2 N–H and O–H groups in total. The summed E-state index contributed by atoms with van der Waals surface area (Å²) in [6.07, 6.45) is 2.38. The Hall–Kier alpha value is -0.870. The van der Waals surface area contributed by atoms with Crippen LogP contribution in [-0.4, -0.2) is 23.6 Å². The van der Waals surface area contributed by atoms with Crippen LogP contribution in [-0.2, 0) is 6.54 Å². The summed E-state index contributed by atoms with van der Waals surface area (Å²) < 4.78 is 5.37. The van der Waals surface area contributed by atoms with Gasteiger partial charge in [0.15, 0.2) is 5.76 Å². The Morgan fingerprint density at radius 2 is 2.43 bits per heavy atom. The minimum absolute atomic E-state index is 0.384. The lowest BCUT2D eigenvalue weighted by molar-refractivity contribution is 0.249. The number of hydrogen-bond acceptors (Lipinski definition) is 4. The van der Waals surface area contributed by atoms with E-state index in [1.807, 2.05) is 6.92 Å². The van der Waals surface area contributed by atoms with Crippen LogP contribution in [0.1, 0.15) is 35.9 Å². The molecular weight excluding hydrogens is 178 g/mol. The summed E-state index contributed by atoms with van der Waals surface area (Å²) in [4.78, 5) is 2.30. The Kier molecular flexibility index (Phi) is 2.56. The topological polar surface area (TPSA) is 55.3 Å². The van der Waals surface area contributed by atoms with Crippen LogP contribution in [0.3, 0.4) is 0 Å². The smallest absolute Gasteiger partial charge is 0.158 e. The molecule has 1 aliphatic heterocycles. The average Bonchev–Trinajstić information content (AvgIpc) is 2.71. The minimum Gasteiger partial charge on any atom is -0.359 e. The molecule has 0 bridgehead atoms. The highest BCUT2D eigenvalue weighted by Gasteiger charge is 2.28. The van der Waals surface area contributed by atoms with Crippen molar-refractivity contribution >= 4 is 0 Å². The molecule has 4 heteroatoms. The van der Waals surface area contributed by atoms with Gasteiger partial charge in [0.2, 0.25) is 0 Å². The van der Waals surface area contributed by atoms with Gasteiger partial charge < -0.3 is 10.3 Å². The Labute approximate surface area is 84.0 Å². The summed E-state index contributed by atoms with van der Waals surface area (Å²) in [6.45, 7) is 3.60. The predicted octanol–water partition coefficient (Wildman–Crippen LogP) is 1.21. The molecule has 4 nitrogen and oxygen atoms in total. The highest BCUT2D eigenvalue weighted by Crippen LogP contribution is 2.33. The van der Waals surface area contributed by atoms with E-state index in [2.05, 4.69) is 17.1 Å². The van der Waals surface area contributed by atoms with E-state index < -0.39 is 0 Å². The van der Waals surface area contributed by atoms with Gasteiger partial charge in [0, 0.05) is 12.1 Å². The Morgan fingerprint density at radius 3 is 3.00 bits per heavy atom. The molecule has 78 valence electrons. The van der Waals surface area contributed by atoms with Gasteiger partial charge in [-0.2, -0.15) is 0 Å².